The minimum atomic E-state index is -0.407. The summed E-state index contributed by atoms with van der Waals surface area (Å²) in [6.07, 6.45) is 0.679. The van der Waals surface area contributed by atoms with Gasteiger partial charge >= 0.3 is 6.03 Å². The third kappa shape index (κ3) is 4.07. The minimum Gasteiger partial charge on any atom is -0.460 e. The molecule has 3 heterocycles. The van der Waals surface area contributed by atoms with Crippen molar-refractivity contribution in [3.8, 4) is 11.5 Å². The molecule has 3 aromatic rings. The number of nitrogens with zero attached hydrogens (tertiary/aromatic N) is 3. The van der Waals surface area contributed by atoms with Crippen LogP contribution in [0.25, 0.3) is 11.5 Å². The highest BCUT2D eigenvalue weighted by molar-refractivity contribution is 5.98. The number of carbonyl (C=O) groups is 1. The standard InChI is InChI=1S/C16H20N6O3/c1-10-4-5-13(25-10)12-9-14(20-19-12)17-16(23)18-15-8-11(6-7-24-3)21-22(15)2/h4-5,8-9H,6-7H2,1-3H3,(H3,17,18,19,20,23). The quantitative estimate of drug-likeness (QED) is 0.636. The van der Waals surface area contributed by atoms with Crippen LogP contribution >= 0.6 is 0 Å². The predicted molar refractivity (Wildman–Crippen MR) is 92.5 cm³/mol. The van der Waals surface area contributed by atoms with Crippen molar-refractivity contribution in [3.63, 3.8) is 0 Å². The van der Waals surface area contributed by atoms with Crippen LogP contribution in [0, 0.1) is 6.92 Å². The molecule has 0 fully saturated rings. The van der Waals surface area contributed by atoms with Crippen LogP contribution in [0.5, 0.6) is 0 Å². The molecule has 0 atom stereocenters. The number of carbonyl (C=O) groups excluding carboxylic acids is 1. The van der Waals surface area contributed by atoms with Crippen molar-refractivity contribution in [2.75, 3.05) is 24.4 Å². The van der Waals surface area contributed by atoms with E-state index >= 15 is 0 Å². The van der Waals surface area contributed by atoms with Crippen LogP contribution in [-0.2, 0) is 18.2 Å². The Balaban J connectivity index is 1.61. The van der Waals surface area contributed by atoms with Crippen LogP contribution in [0.1, 0.15) is 11.5 Å². The fraction of sp³-hybridized carbons (Fsp3) is 0.312. The second kappa shape index (κ2) is 7.22. The lowest BCUT2D eigenvalue weighted by Gasteiger charge is -2.04. The molecule has 0 spiro atoms. The fourth-order valence-corrected chi connectivity index (χ4v) is 2.33. The maximum Gasteiger partial charge on any atom is 0.326 e. The molecular weight excluding hydrogens is 324 g/mol. The number of furan rings is 1. The number of methoxy groups -OCH3 is 1. The molecule has 0 aliphatic heterocycles. The highest BCUT2D eigenvalue weighted by Gasteiger charge is 2.12. The molecule has 9 heteroatoms. The van der Waals surface area contributed by atoms with E-state index < -0.39 is 6.03 Å². The van der Waals surface area contributed by atoms with Gasteiger partial charge in [0.15, 0.2) is 11.6 Å². The third-order valence-electron chi connectivity index (χ3n) is 3.56. The lowest BCUT2D eigenvalue weighted by molar-refractivity contribution is 0.201. The number of anilines is 2. The van der Waals surface area contributed by atoms with Crippen molar-refractivity contribution in [1.82, 2.24) is 20.0 Å². The van der Waals surface area contributed by atoms with Crippen molar-refractivity contribution in [3.05, 3.63) is 35.7 Å². The second-order valence-corrected chi connectivity index (χ2v) is 5.54. The SMILES string of the molecule is COCCc1cc(NC(=O)Nc2cc(-c3ccc(C)o3)[nH]n2)n(C)n1. The summed E-state index contributed by atoms with van der Waals surface area (Å²) in [7, 11) is 3.40. The molecule has 0 bridgehead atoms. The van der Waals surface area contributed by atoms with Crippen molar-refractivity contribution >= 4 is 17.7 Å². The number of ether oxygens (including phenoxy) is 1. The van der Waals surface area contributed by atoms with Gasteiger partial charge in [0, 0.05) is 32.7 Å². The number of hydrogen-bond acceptors (Lipinski definition) is 5. The molecule has 132 valence electrons. The van der Waals surface area contributed by atoms with Crippen LogP contribution in [0.2, 0.25) is 0 Å². The van der Waals surface area contributed by atoms with Crippen molar-refractivity contribution in [2.24, 2.45) is 7.05 Å². The van der Waals surface area contributed by atoms with E-state index in [4.69, 9.17) is 9.15 Å². The number of aromatic amines is 1. The lowest BCUT2D eigenvalue weighted by Crippen LogP contribution is -2.21. The summed E-state index contributed by atoms with van der Waals surface area (Å²) in [5.41, 5.74) is 1.53. The van der Waals surface area contributed by atoms with E-state index in [0.717, 1.165) is 11.5 Å². The van der Waals surface area contributed by atoms with E-state index in [1.807, 2.05) is 19.1 Å². The zero-order valence-corrected chi connectivity index (χ0v) is 14.3. The molecule has 0 saturated heterocycles. The average molecular weight is 344 g/mol. The van der Waals surface area contributed by atoms with E-state index in [0.29, 0.717) is 36.1 Å². The molecular formula is C16H20N6O3. The molecule has 2 amide bonds. The number of urea groups is 1. The van der Waals surface area contributed by atoms with E-state index in [9.17, 15) is 4.79 Å². The number of amides is 2. The van der Waals surface area contributed by atoms with Crippen molar-refractivity contribution in [1.29, 1.82) is 0 Å². The Bertz CT molecular complexity index is 863. The highest BCUT2D eigenvalue weighted by atomic mass is 16.5. The van der Waals surface area contributed by atoms with Gasteiger partial charge in [0.2, 0.25) is 0 Å². The molecule has 0 aromatic carbocycles. The first-order valence-electron chi connectivity index (χ1n) is 7.77. The van der Waals surface area contributed by atoms with Crippen LogP contribution in [0.4, 0.5) is 16.4 Å². The molecule has 0 saturated carbocycles. The second-order valence-electron chi connectivity index (χ2n) is 5.54. The molecule has 3 N–H and O–H groups in total. The van der Waals surface area contributed by atoms with Gasteiger partial charge in [-0.15, -0.1) is 0 Å². The van der Waals surface area contributed by atoms with Gasteiger partial charge in [-0.3, -0.25) is 20.4 Å². The summed E-state index contributed by atoms with van der Waals surface area (Å²) in [6.45, 7) is 2.44. The normalized spacial score (nSPS) is 10.8. The molecule has 0 aliphatic rings. The van der Waals surface area contributed by atoms with E-state index in [2.05, 4.69) is 25.9 Å². The number of aromatic nitrogens is 4. The number of nitrogens with one attached hydrogen (secondary N) is 3. The first-order chi connectivity index (χ1) is 12.0. The van der Waals surface area contributed by atoms with Gasteiger partial charge in [0.25, 0.3) is 0 Å². The number of rotatable bonds is 6. The van der Waals surface area contributed by atoms with Gasteiger partial charge in [-0.05, 0) is 19.1 Å². The Labute approximate surface area is 144 Å². The summed E-state index contributed by atoms with van der Waals surface area (Å²) in [5.74, 6) is 2.44. The van der Waals surface area contributed by atoms with Gasteiger partial charge in [-0.2, -0.15) is 10.2 Å². The maximum atomic E-state index is 12.1. The fourth-order valence-electron chi connectivity index (χ4n) is 2.33. The summed E-state index contributed by atoms with van der Waals surface area (Å²) < 4.78 is 12.1. The monoisotopic (exact) mass is 344 g/mol. The van der Waals surface area contributed by atoms with Crippen molar-refractivity contribution in [2.45, 2.75) is 13.3 Å². The topological polar surface area (TPSA) is 110 Å². The molecule has 3 aromatic heterocycles. The summed E-state index contributed by atoms with van der Waals surface area (Å²) in [5, 5.41) is 16.6. The Morgan fingerprint density at radius 3 is 2.92 bits per heavy atom. The molecule has 0 aliphatic carbocycles. The third-order valence-corrected chi connectivity index (χ3v) is 3.56. The summed E-state index contributed by atoms with van der Waals surface area (Å²) in [6, 6.07) is 6.80. The number of hydrogen-bond donors (Lipinski definition) is 3. The van der Waals surface area contributed by atoms with E-state index in [-0.39, 0.29) is 0 Å². The van der Waals surface area contributed by atoms with Gasteiger partial charge in [-0.1, -0.05) is 0 Å². The van der Waals surface area contributed by atoms with Crippen LogP contribution in [-0.4, -0.2) is 39.7 Å². The van der Waals surface area contributed by atoms with Crippen molar-refractivity contribution < 1.29 is 13.9 Å². The molecule has 3 rings (SSSR count). The molecule has 0 radical (unpaired) electrons. The Morgan fingerprint density at radius 1 is 1.36 bits per heavy atom. The Morgan fingerprint density at radius 2 is 2.20 bits per heavy atom. The number of aryl methyl sites for hydroxylation is 2. The Kier molecular flexibility index (Phi) is 4.85. The van der Waals surface area contributed by atoms with Gasteiger partial charge in [0.05, 0.1) is 12.3 Å². The lowest BCUT2D eigenvalue weighted by atomic mass is 10.3. The Hall–Kier alpha value is -3.07. The maximum absolute atomic E-state index is 12.1. The van der Waals surface area contributed by atoms with Gasteiger partial charge in [-0.25, -0.2) is 4.79 Å². The van der Waals surface area contributed by atoms with Crippen LogP contribution < -0.4 is 10.6 Å². The predicted octanol–water partition coefficient (Wildman–Crippen LogP) is 2.54. The summed E-state index contributed by atoms with van der Waals surface area (Å²) >= 11 is 0. The average Bonchev–Trinajstić information content (AvgIpc) is 3.27. The van der Waals surface area contributed by atoms with E-state index in [1.54, 1.807) is 31.0 Å². The first kappa shape index (κ1) is 16.8. The van der Waals surface area contributed by atoms with Crippen LogP contribution in [0.15, 0.2) is 28.7 Å². The molecule has 9 nitrogen and oxygen atoms in total. The minimum absolute atomic E-state index is 0.392. The summed E-state index contributed by atoms with van der Waals surface area (Å²) in [4.78, 5) is 12.1. The largest absolute Gasteiger partial charge is 0.460 e. The van der Waals surface area contributed by atoms with Gasteiger partial charge in [0.1, 0.15) is 17.3 Å². The molecule has 25 heavy (non-hydrogen) atoms. The zero-order chi connectivity index (χ0) is 17.8. The first-order valence-corrected chi connectivity index (χ1v) is 7.77. The van der Waals surface area contributed by atoms with Gasteiger partial charge < -0.3 is 9.15 Å². The molecule has 0 unspecified atom stereocenters. The smallest absolute Gasteiger partial charge is 0.326 e. The van der Waals surface area contributed by atoms with E-state index in [1.165, 1.54) is 0 Å². The zero-order valence-electron chi connectivity index (χ0n) is 14.3. The van der Waals surface area contributed by atoms with Crippen LogP contribution in [0.3, 0.4) is 0 Å². The highest BCUT2D eigenvalue weighted by Crippen LogP contribution is 2.22. The number of H-pyrrole nitrogens is 1.